The Labute approximate surface area is 72.4 Å². The van der Waals surface area contributed by atoms with Crippen molar-refractivity contribution < 1.29 is 0 Å². The fourth-order valence-electron chi connectivity index (χ4n) is 1.49. The normalized spacial score (nSPS) is 12.0. The summed E-state index contributed by atoms with van der Waals surface area (Å²) in [5.41, 5.74) is 0.476. The summed E-state index contributed by atoms with van der Waals surface area (Å²) < 4.78 is 0. The molecule has 0 nitrogen and oxygen atoms in total. The molecule has 0 saturated heterocycles. The molecule has 0 aliphatic carbocycles. The minimum atomic E-state index is 0.476. The van der Waals surface area contributed by atoms with E-state index in [0.717, 1.165) is 0 Å². The standard InChI is InChI=1S/C11H23/c1-5-7-8-10-11(3,4)9-6-2/h9H,5-8,10H2,1-4H3. The van der Waals surface area contributed by atoms with E-state index >= 15 is 0 Å². The number of unbranched alkanes of at least 4 members (excludes halogenated alkanes) is 2. The lowest BCUT2D eigenvalue weighted by Crippen LogP contribution is -2.11. The molecule has 0 saturated carbocycles. The Morgan fingerprint density at radius 1 is 1.09 bits per heavy atom. The Hall–Kier alpha value is 0. The summed E-state index contributed by atoms with van der Waals surface area (Å²) in [5, 5.41) is 0. The van der Waals surface area contributed by atoms with Crippen LogP contribution >= 0.6 is 0 Å². The lowest BCUT2D eigenvalue weighted by atomic mass is 9.83. The molecule has 0 aromatic carbocycles. The summed E-state index contributed by atoms with van der Waals surface area (Å²) in [6, 6.07) is 0. The molecule has 67 valence electrons. The third-order valence-electron chi connectivity index (χ3n) is 2.18. The molecule has 0 rings (SSSR count). The molecule has 0 heteroatoms. The summed E-state index contributed by atoms with van der Waals surface area (Å²) in [4.78, 5) is 0. The van der Waals surface area contributed by atoms with E-state index in [2.05, 4.69) is 34.1 Å². The second-order valence-corrected chi connectivity index (χ2v) is 4.06. The molecule has 0 heterocycles. The van der Waals surface area contributed by atoms with E-state index in [1.54, 1.807) is 0 Å². The van der Waals surface area contributed by atoms with Gasteiger partial charge in [-0.05, 0) is 18.3 Å². The molecule has 0 aromatic rings. The van der Waals surface area contributed by atoms with Gasteiger partial charge in [0.1, 0.15) is 0 Å². The van der Waals surface area contributed by atoms with Crippen molar-refractivity contribution in [1.29, 1.82) is 0 Å². The molecular weight excluding hydrogens is 132 g/mol. The first-order chi connectivity index (χ1) is 5.12. The molecule has 0 N–H and O–H groups in total. The molecule has 0 aromatic heterocycles. The number of rotatable bonds is 6. The first kappa shape index (κ1) is 11.0. The first-order valence-electron chi connectivity index (χ1n) is 4.96. The average molecular weight is 155 g/mol. The highest BCUT2D eigenvalue weighted by atomic mass is 14.2. The third-order valence-corrected chi connectivity index (χ3v) is 2.18. The van der Waals surface area contributed by atoms with Crippen molar-refractivity contribution in [2.45, 2.75) is 59.8 Å². The maximum Gasteiger partial charge on any atom is -0.0323 e. The zero-order valence-electron chi connectivity index (χ0n) is 8.61. The minimum Gasteiger partial charge on any atom is -0.0654 e. The van der Waals surface area contributed by atoms with Gasteiger partial charge < -0.3 is 0 Å². The maximum absolute atomic E-state index is 2.43. The summed E-state index contributed by atoms with van der Waals surface area (Å²) in [7, 11) is 0. The van der Waals surface area contributed by atoms with Crippen LogP contribution in [0.5, 0.6) is 0 Å². The second-order valence-electron chi connectivity index (χ2n) is 4.06. The van der Waals surface area contributed by atoms with E-state index in [1.807, 2.05) is 0 Å². The van der Waals surface area contributed by atoms with Gasteiger partial charge in [-0.2, -0.15) is 0 Å². The van der Waals surface area contributed by atoms with E-state index in [0.29, 0.717) is 5.41 Å². The van der Waals surface area contributed by atoms with Gasteiger partial charge in [-0.3, -0.25) is 0 Å². The largest absolute Gasteiger partial charge is 0.0654 e. The molecule has 0 fully saturated rings. The third kappa shape index (κ3) is 6.40. The average Bonchev–Trinajstić information content (AvgIpc) is 1.87. The van der Waals surface area contributed by atoms with Crippen molar-refractivity contribution in [1.82, 2.24) is 0 Å². The number of hydrogen-bond donors (Lipinski definition) is 0. The van der Waals surface area contributed by atoms with Crippen LogP contribution in [-0.2, 0) is 0 Å². The molecular formula is C11H23. The summed E-state index contributed by atoms with van der Waals surface area (Å²) in [6.45, 7) is 9.16. The summed E-state index contributed by atoms with van der Waals surface area (Å²) in [5.74, 6) is 0. The lowest BCUT2D eigenvalue weighted by molar-refractivity contribution is 0.371. The predicted octanol–water partition coefficient (Wildman–Crippen LogP) is 4.21. The Morgan fingerprint density at radius 2 is 1.73 bits per heavy atom. The fraction of sp³-hybridized carbons (Fsp3) is 0.909. The summed E-state index contributed by atoms with van der Waals surface area (Å²) >= 11 is 0. The van der Waals surface area contributed by atoms with Crippen LogP contribution in [0.1, 0.15) is 59.8 Å². The van der Waals surface area contributed by atoms with Gasteiger partial charge in [0.25, 0.3) is 0 Å². The zero-order valence-corrected chi connectivity index (χ0v) is 8.61. The van der Waals surface area contributed by atoms with Crippen LogP contribution in [0.2, 0.25) is 0 Å². The van der Waals surface area contributed by atoms with Crippen LogP contribution in [0, 0.1) is 11.8 Å². The van der Waals surface area contributed by atoms with Gasteiger partial charge in [0.2, 0.25) is 0 Å². The number of hydrogen-bond acceptors (Lipinski definition) is 0. The highest BCUT2D eigenvalue weighted by Crippen LogP contribution is 2.27. The first-order valence-corrected chi connectivity index (χ1v) is 4.96. The van der Waals surface area contributed by atoms with Gasteiger partial charge in [-0.1, -0.05) is 53.4 Å². The van der Waals surface area contributed by atoms with E-state index in [-0.39, 0.29) is 0 Å². The SMILES string of the molecule is CC[CH]C(C)(C)CCCCC. The maximum atomic E-state index is 2.43. The van der Waals surface area contributed by atoms with Crippen LogP contribution in [0.25, 0.3) is 0 Å². The molecule has 0 bridgehead atoms. The zero-order chi connectivity index (χ0) is 8.74. The molecule has 0 atom stereocenters. The van der Waals surface area contributed by atoms with E-state index in [4.69, 9.17) is 0 Å². The van der Waals surface area contributed by atoms with Gasteiger partial charge in [0, 0.05) is 0 Å². The fourth-order valence-corrected chi connectivity index (χ4v) is 1.49. The van der Waals surface area contributed by atoms with Crippen LogP contribution in [0.4, 0.5) is 0 Å². The Kier molecular flexibility index (Phi) is 5.62. The van der Waals surface area contributed by atoms with Gasteiger partial charge in [-0.15, -0.1) is 0 Å². The van der Waals surface area contributed by atoms with E-state index in [1.165, 1.54) is 32.1 Å². The van der Waals surface area contributed by atoms with Crippen LogP contribution in [0.15, 0.2) is 0 Å². The van der Waals surface area contributed by atoms with Crippen molar-refractivity contribution in [3.63, 3.8) is 0 Å². The monoisotopic (exact) mass is 155 g/mol. The van der Waals surface area contributed by atoms with Crippen LogP contribution in [-0.4, -0.2) is 0 Å². The predicted molar refractivity (Wildman–Crippen MR) is 52.5 cm³/mol. The minimum absolute atomic E-state index is 0.476. The van der Waals surface area contributed by atoms with Gasteiger partial charge >= 0.3 is 0 Å². The topological polar surface area (TPSA) is 0 Å². The van der Waals surface area contributed by atoms with Gasteiger partial charge in [0.05, 0.1) is 0 Å². The smallest absolute Gasteiger partial charge is 0.0323 e. The molecule has 0 aliphatic heterocycles. The van der Waals surface area contributed by atoms with Crippen molar-refractivity contribution >= 4 is 0 Å². The Balaban J connectivity index is 3.38. The molecule has 0 aliphatic rings. The van der Waals surface area contributed by atoms with Crippen molar-refractivity contribution in [3.8, 4) is 0 Å². The van der Waals surface area contributed by atoms with E-state index in [9.17, 15) is 0 Å². The molecule has 0 amide bonds. The van der Waals surface area contributed by atoms with Crippen LogP contribution < -0.4 is 0 Å². The Bertz CT molecular complexity index is 82.0. The van der Waals surface area contributed by atoms with Gasteiger partial charge in [0.15, 0.2) is 0 Å². The summed E-state index contributed by atoms with van der Waals surface area (Å²) in [6.07, 6.45) is 9.11. The molecule has 0 unspecified atom stereocenters. The highest BCUT2D eigenvalue weighted by Gasteiger charge is 2.15. The van der Waals surface area contributed by atoms with E-state index < -0.39 is 0 Å². The van der Waals surface area contributed by atoms with Gasteiger partial charge in [-0.25, -0.2) is 0 Å². The van der Waals surface area contributed by atoms with Crippen LogP contribution in [0.3, 0.4) is 0 Å². The Morgan fingerprint density at radius 3 is 2.18 bits per heavy atom. The highest BCUT2D eigenvalue weighted by molar-refractivity contribution is 4.83. The quantitative estimate of drug-likeness (QED) is 0.504. The van der Waals surface area contributed by atoms with Crippen molar-refractivity contribution in [3.05, 3.63) is 6.42 Å². The molecule has 1 radical (unpaired) electrons. The van der Waals surface area contributed by atoms with Crippen molar-refractivity contribution in [2.75, 3.05) is 0 Å². The van der Waals surface area contributed by atoms with Crippen molar-refractivity contribution in [2.24, 2.45) is 5.41 Å². The lowest BCUT2D eigenvalue weighted by Gasteiger charge is -2.23. The molecule has 11 heavy (non-hydrogen) atoms. The second kappa shape index (κ2) is 5.62. The molecule has 0 spiro atoms.